The number of rotatable bonds is 2. The first-order valence-corrected chi connectivity index (χ1v) is 5.98. The van der Waals surface area contributed by atoms with Crippen LogP contribution in [0, 0.1) is 0 Å². The number of ether oxygens (including phenoxy) is 1. The second kappa shape index (κ2) is 5.41. The highest BCUT2D eigenvalue weighted by Crippen LogP contribution is 2.29. The Bertz CT molecular complexity index is 540. The quantitative estimate of drug-likeness (QED) is 0.685. The first-order valence-electron chi connectivity index (χ1n) is 5.98. The molecule has 0 saturated carbocycles. The molecule has 0 aromatic heterocycles. The molecule has 0 bridgehead atoms. The number of aliphatic hydroxyl groups is 2. The van der Waals surface area contributed by atoms with Crippen LogP contribution in [0.1, 0.15) is 10.4 Å². The number of nitrogen functional groups attached to an aromatic ring is 1. The third kappa shape index (κ3) is 3.56. The van der Waals surface area contributed by atoms with Crippen LogP contribution in [0.15, 0.2) is 18.2 Å². The average Bonchev–Trinajstić information content (AvgIpc) is 2.70. The molecule has 9 heteroatoms. The molecule has 1 aliphatic heterocycles. The summed E-state index contributed by atoms with van der Waals surface area (Å²) in [5, 5.41) is 18.8. The van der Waals surface area contributed by atoms with E-state index >= 15 is 0 Å². The Morgan fingerprint density at radius 3 is 2.33 bits per heavy atom. The molecule has 1 fully saturated rings. The molecule has 1 saturated heterocycles. The van der Waals surface area contributed by atoms with Gasteiger partial charge < -0.3 is 25.6 Å². The normalized spacial score (nSPS) is 22.4. The zero-order valence-corrected chi connectivity index (χ0v) is 10.7. The number of benzene rings is 1. The number of β-amino-alcohol motifs (C(OH)–C–C–N with tert-alkyl or cyclic N) is 2. The fraction of sp³-hybridized carbons (Fsp3) is 0.417. The van der Waals surface area contributed by atoms with Gasteiger partial charge in [-0.05, 0) is 18.2 Å². The Hall–Kier alpha value is -2.00. The molecule has 116 valence electrons. The first kappa shape index (κ1) is 15.4. The molecule has 1 aromatic carbocycles. The van der Waals surface area contributed by atoms with Crippen LogP contribution in [0.25, 0.3) is 0 Å². The maximum atomic E-state index is 12.1. The molecule has 1 amide bonds. The topological polar surface area (TPSA) is 96.0 Å². The lowest BCUT2D eigenvalue weighted by atomic mass is 10.1. The maximum Gasteiger partial charge on any atom is 0.573 e. The number of aliphatic hydroxyl groups excluding tert-OH is 2. The van der Waals surface area contributed by atoms with Crippen molar-refractivity contribution in [3.63, 3.8) is 0 Å². The minimum atomic E-state index is -4.87. The maximum absolute atomic E-state index is 12.1. The number of likely N-dealkylation sites (tertiary alicyclic amines) is 1. The number of hydrogen-bond donors (Lipinski definition) is 3. The van der Waals surface area contributed by atoms with E-state index in [1.165, 1.54) is 4.90 Å². The van der Waals surface area contributed by atoms with Crippen LogP contribution in [0.4, 0.5) is 18.9 Å². The Labute approximate surface area is 117 Å². The summed E-state index contributed by atoms with van der Waals surface area (Å²) < 4.78 is 40.0. The number of halogens is 3. The Kier molecular flexibility index (Phi) is 3.97. The molecule has 0 spiro atoms. The van der Waals surface area contributed by atoms with Crippen LogP contribution in [-0.4, -0.2) is 52.7 Å². The summed E-state index contributed by atoms with van der Waals surface area (Å²) >= 11 is 0. The van der Waals surface area contributed by atoms with Crippen LogP contribution >= 0.6 is 0 Å². The molecule has 2 atom stereocenters. The van der Waals surface area contributed by atoms with Crippen LogP contribution < -0.4 is 10.5 Å². The van der Waals surface area contributed by atoms with Crippen molar-refractivity contribution in [2.24, 2.45) is 0 Å². The second-order valence-corrected chi connectivity index (χ2v) is 4.65. The lowest BCUT2D eigenvalue weighted by Crippen LogP contribution is -2.29. The van der Waals surface area contributed by atoms with Crippen LogP contribution in [-0.2, 0) is 0 Å². The van der Waals surface area contributed by atoms with E-state index in [0.717, 1.165) is 18.2 Å². The molecule has 4 N–H and O–H groups in total. The summed E-state index contributed by atoms with van der Waals surface area (Å²) in [6.07, 6.45) is -6.96. The number of nitrogens with zero attached hydrogens (tertiary/aromatic N) is 1. The SMILES string of the molecule is Nc1cc(C(=O)N2C[C@@H](O)[C@@H](O)C2)ccc1OC(F)(F)F. The number of nitrogens with two attached hydrogens (primary N) is 1. The molecule has 0 aliphatic carbocycles. The number of carbonyl (C=O) groups is 1. The van der Waals surface area contributed by atoms with Crippen molar-refractivity contribution in [2.75, 3.05) is 18.8 Å². The van der Waals surface area contributed by atoms with E-state index in [0.29, 0.717) is 0 Å². The highest BCUT2D eigenvalue weighted by atomic mass is 19.4. The van der Waals surface area contributed by atoms with E-state index in [1.54, 1.807) is 0 Å². The summed E-state index contributed by atoms with van der Waals surface area (Å²) in [7, 11) is 0. The molecule has 2 rings (SSSR count). The van der Waals surface area contributed by atoms with Crippen LogP contribution in [0.3, 0.4) is 0 Å². The molecule has 21 heavy (non-hydrogen) atoms. The van der Waals surface area contributed by atoms with Gasteiger partial charge in [0, 0.05) is 18.7 Å². The van der Waals surface area contributed by atoms with Crippen molar-refractivity contribution >= 4 is 11.6 Å². The third-order valence-corrected chi connectivity index (χ3v) is 3.03. The van der Waals surface area contributed by atoms with Gasteiger partial charge in [0.2, 0.25) is 0 Å². The largest absolute Gasteiger partial charge is 0.573 e. The summed E-state index contributed by atoms with van der Waals surface area (Å²) in [5.74, 6) is -1.14. The van der Waals surface area contributed by atoms with E-state index in [2.05, 4.69) is 4.74 Å². The minimum absolute atomic E-state index is 0.0447. The molecular weight excluding hydrogens is 293 g/mol. The smallest absolute Gasteiger partial charge is 0.404 e. The second-order valence-electron chi connectivity index (χ2n) is 4.65. The monoisotopic (exact) mass is 306 g/mol. The number of anilines is 1. The molecular formula is C12H13F3N2O4. The van der Waals surface area contributed by atoms with Crippen molar-refractivity contribution in [1.82, 2.24) is 4.90 Å². The zero-order valence-electron chi connectivity index (χ0n) is 10.7. The summed E-state index contributed by atoms with van der Waals surface area (Å²) in [5.41, 5.74) is 5.14. The lowest BCUT2D eigenvalue weighted by molar-refractivity contribution is -0.274. The van der Waals surface area contributed by atoms with E-state index in [4.69, 9.17) is 5.73 Å². The van der Waals surface area contributed by atoms with Gasteiger partial charge in [-0.3, -0.25) is 4.79 Å². The average molecular weight is 306 g/mol. The summed E-state index contributed by atoms with van der Waals surface area (Å²) in [4.78, 5) is 13.3. The fourth-order valence-electron chi connectivity index (χ4n) is 2.02. The van der Waals surface area contributed by atoms with Gasteiger partial charge in [-0.1, -0.05) is 0 Å². The standard InChI is InChI=1S/C12H13F3N2O4/c13-12(14,15)21-10-2-1-6(3-7(10)16)11(20)17-4-8(18)9(19)5-17/h1-3,8-9,18-19H,4-5,16H2/t8-,9+. The van der Waals surface area contributed by atoms with Gasteiger partial charge in [0.1, 0.15) is 0 Å². The van der Waals surface area contributed by atoms with E-state index < -0.39 is 30.2 Å². The Balaban J connectivity index is 2.15. The van der Waals surface area contributed by atoms with Gasteiger partial charge in [0.15, 0.2) is 5.75 Å². The van der Waals surface area contributed by atoms with Crippen molar-refractivity contribution in [1.29, 1.82) is 0 Å². The predicted octanol–water partition coefficient (Wildman–Crippen LogP) is 0.345. The molecule has 1 heterocycles. The van der Waals surface area contributed by atoms with E-state index in [1.807, 2.05) is 0 Å². The third-order valence-electron chi connectivity index (χ3n) is 3.03. The van der Waals surface area contributed by atoms with Crippen molar-refractivity contribution in [3.8, 4) is 5.75 Å². The number of carbonyl (C=O) groups excluding carboxylic acids is 1. The van der Waals surface area contributed by atoms with Gasteiger partial charge in [-0.2, -0.15) is 0 Å². The molecule has 1 aliphatic rings. The number of hydrogen-bond acceptors (Lipinski definition) is 5. The summed E-state index contributed by atoms with van der Waals surface area (Å²) in [6.45, 7) is -0.110. The number of amides is 1. The van der Waals surface area contributed by atoms with E-state index in [9.17, 15) is 28.2 Å². The molecule has 0 unspecified atom stereocenters. The molecule has 1 aromatic rings. The Morgan fingerprint density at radius 2 is 1.86 bits per heavy atom. The van der Waals surface area contributed by atoms with Gasteiger partial charge in [0.05, 0.1) is 17.9 Å². The predicted molar refractivity (Wildman–Crippen MR) is 65.5 cm³/mol. The fourth-order valence-corrected chi connectivity index (χ4v) is 2.02. The number of alkyl halides is 3. The summed E-state index contributed by atoms with van der Waals surface area (Å²) in [6, 6.07) is 3.14. The van der Waals surface area contributed by atoms with Crippen LogP contribution in [0.2, 0.25) is 0 Å². The van der Waals surface area contributed by atoms with Gasteiger partial charge in [-0.25, -0.2) is 0 Å². The lowest BCUT2D eigenvalue weighted by Gasteiger charge is -2.17. The van der Waals surface area contributed by atoms with Gasteiger partial charge >= 0.3 is 6.36 Å². The van der Waals surface area contributed by atoms with Crippen molar-refractivity contribution in [2.45, 2.75) is 18.6 Å². The Morgan fingerprint density at radius 1 is 1.29 bits per heavy atom. The van der Waals surface area contributed by atoms with Crippen molar-refractivity contribution < 1.29 is 32.9 Å². The van der Waals surface area contributed by atoms with Gasteiger partial charge in [0.25, 0.3) is 5.91 Å². The zero-order chi connectivity index (χ0) is 15.8. The van der Waals surface area contributed by atoms with Gasteiger partial charge in [-0.15, -0.1) is 13.2 Å². The highest BCUT2D eigenvalue weighted by molar-refractivity contribution is 5.95. The first-order chi connectivity index (χ1) is 9.67. The highest BCUT2D eigenvalue weighted by Gasteiger charge is 2.34. The van der Waals surface area contributed by atoms with Crippen molar-refractivity contribution in [3.05, 3.63) is 23.8 Å². The molecule has 6 nitrogen and oxygen atoms in total. The molecule has 0 radical (unpaired) electrons. The van der Waals surface area contributed by atoms with E-state index in [-0.39, 0.29) is 24.3 Å². The van der Waals surface area contributed by atoms with Crippen LogP contribution in [0.5, 0.6) is 5.75 Å². The minimum Gasteiger partial charge on any atom is -0.404 e.